The summed E-state index contributed by atoms with van der Waals surface area (Å²) in [5.74, 6) is -0.0806. The van der Waals surface area contributed by atoms with Crippen LogP contribution in [-0.4, -0.2) is 39.4 Å². The SMILES string of the molecule is O=C1c2cccn2C2CN(Cc3ccccc3F)CC2N1Cc1cccs1. The van der Waals surface area contributed by atoms with Crippen molar-refractivity contribution in [2.24, 2.45) is 0 Å². The first-order chi connectivity index (χ1) is 13.2. The largest absolute Gasteiger partial charge is 0.337 e. The molecule has 4 heterocycles. The quantitative estimate of drug-likeness (QED) is 0.688. The molecule has 6 heteroatoms. The van der Waals surface area contributed by atoms with Crippen molar-refractivity contribution in [3.8, 4) is 0 Å². The fourth-order valence-electron chi connectivity index (χ4n) is 4.34. The highest BCUT2D eigenvalue weighted by Gasteiger charge is 2.44. The molecule has 2 atom stereocenters. The Morgan fingerprint density at radius 2 is 1.85 bits per heavy atom. The Morgan fingerprint density at radius 3 is 2.67 bits per heavy atom. The Labute approximate surface area is 161 Å². The van der Waals surface area contributed by atoms with Gasteiger partial charge in [0.15, 0.2) is 0 Å². The lowest BCUT2D eigenvalue weighted by Gasteiger charge is -2.38. The smallest absolute Gasteiger partial charge is 0.271 e. The molecule has 5 rings (SSSR count). The lowest BCUT2D eigenvalue weighted by atomic mass is 10.1. The number of thiophene rings is 1. The van der Waals surface area contributed by atoms with E-state index >= 15 is 0 Å². The zero-order valence-electron chi connectivity index (χ0n) is 14.8. The van der Waals surface area contributed by atoms with Gasteiger partial charge in [-0.15, -0.1) is 11.3 Å². The van der Waals surface area contributed by atoms with Crippen molar-refractivity contribution in [2.75, 3.05) is 13.1 Å². The molecule has 0 aliphatic carbocycles. The molecule has 138 valence electrons. The Morgan fingerprint density at radius 1 is 1.00 bits per heavy atom. The van der Waals surface area contributed by atoms with Gasteiger partial charge in [-0.25, -0.2) is 4.39 Å². The molecule has 0 saturated carbocycles. The lowest BCUT2D eigenvalue weighted by molar-refractivity contribution is 0.0559. The number of benzene rings is 1. The predicted octanol–water partition coefficient (Wildman–Crippen LogP) is 3.77. The highest BCUT2D eigenvalue weighted by molar-refractivity contribution is 7.09. The number of carbonyl (C=O) groups is 1. The number of aromatic nitrogens is 1. The molecule has 0 N–H and O–H groups in total. The van der Waals surface area contributed by atoms with Crippen LogP contribution in [0.3, 0.4) is 0 Å². The van der Waals surface area contributed by atoms with Crippen molar-refractivity contribution in [1.82, 2.24) is 14.4 Å². The average Bonchev–Trinajstić information content (AvgIpc) is 3.40. The number of carbonyl (C=O) groups excluding carboxylic acids is 1. The van der Waals surface area contributed by atoms with Crippen LogP contribution in [0.1, 0.15) is 27.0 Å². The van der Waals surface area contributed by atoms with Crippen molar-refractivity contribution in [1.29, 1.82) is 0 Å². The molecule has 0 bridgehead atoms. The number of amides is 1. The van der Waals surface area contributed by atoms with Crippen LogP contribution in [0.4, 0.5) is 4.39 Å². The molecule has 4 nitrogen and oxygen atoms in total. The highest BCUT2D eigenvalue weighted by atomic mass is 32.1. The maximum atomic E-state index is 14.1. The van der Waals surface area contributed by atoms with Crippen LogP contribution in [0.2, 0.25) is 0 Å². The minimum Gasteiger partial charge on any atom is -0.337 e. The number of hydrogen-bond acceptors (Lipinski definition) is 3. The van der Waals surface area contributed by atoms with Crippen LogP contribution in [0.15, 0.2) is 60.1 Å². The van der Waals surface area contributed by atoms with E-state index in [9.17, 15) is 9.18 Å². The molecule has 2 aromatic heterocycles. The number of hydrogen-bond donors (Lipinski definition) is 0. The second-order valence-corrected chi connectivity index (χ2v) is 8.27. The first-order valence-corrected chi connectivity index (χ1v) is 10.0. The van der Waals surface area contributed by atoms with Gasteiger partial charge >= 0.3 is 0 Å². The molecule has 2 aliphatic rings. The second kappa shape index (κ2) is 6.62. The van der Waals surface area contributed by atoms with Crippen LogP contribution in [0, 0.1) is 5.82 Å². The van der Waals surface area contributed by atoms with Crippen molar-refractivity contribution >= 4 is 17.2 Å². The maximum absolute atomic E-state index is 14.1. The van der Waals surface area contributed by atoms with E-state index in [0.717, 1.165) is 18.8 Å². The van der Waals surface area contributed by atoms with Gasteiger partial charge in [0.05, 0.1) is 18.6 Å². The lowest BCUT2D eigenvalue weighted by Crippen LogP contribution is -2.49. The molecule has 3 aromatic rings. The first-order valence-electron chi connectivity index (χ1n) is 9.16. The minimum absolute atomic E-state index is 0.0855. The average molecular weight is 381 g/mol. The molecular formula is C21H20FN3OS. The summed E-state index contributed by atoms with van der Waals surface area (Å²) >= 11 is 1.68. The first kappa shape index (κ1) is 16.7. The molecule has 2 unspecified atom stereocenters. The van der Waals surface area contributed by atoms with Gasteiger partial charge < -0.3 is 9.47 Å². The summed E-state index contributed by atoms with van der Waals surface area (Å²) in [5.41, 5.74) is 1.46. The molecule has 0 spiro atoms. The van der Waals surface area contributed by atoms with Crippen molar-refractivity contribution < 1.29 is 9.18 Å². The molecule has 0 radical (unpaired) electrons. The Kier molecular flexibility index (Phi) is 4.10. The van der Waals surface area contributed by atoms with Gasteiger partial charge in [0.25, 0.3) is 5.91 Å². The van der Waals surface area contributed by atoms with E-state index in [-0.39, 0.29) is 23.8 Å². The standard InChI is InChI=1S/C21H20FN3OS/c22-17-7-2-1-5-15(17)11-23-13-19-20(14-23)25(12-16-6-4-10-27-16)21(26)18-8-3-9-24(18)19/h1-10,19-20H,11-14H2. The third-order valence-corrected chi connectivity index (χ3v) is 6.47. The van der Waals surface area contributed by atoms with E-state index in [4.69, 9.17) is 0 Å². The van der Waals surface area contributed by atoms with Crippen LogP contribution < -0.4 is 0 Å². The number of halogens is 1. The second-order valence-electron chi connectivity index (χ2n) is 7.23. The number of nitrogens with zero attached hydrogens (tertiary/aromatic N) is 3. The van der Waals surface area contributed by atoms with E-state index in [1.807, 2.05) is 46.8 Å². The van der Waals surface area contributed by atoms with E-state index in [1.165, 1.54) is 10.9 Å². The number of likely N-dealkylation sites (tertiary alicyclic amines) is 1. The van der Waals surface area contributed by atoms with Crippen LogP contribution in [-0.2, 0) is 13.1 Å². The third kappa shape index (κ3) is 2.89. The Bertz CT molecular complexity index is 967. The molecule has 1 saturated heterocycles. The van der Waals surface area contributed by atoms with Crippen molar-refractivity contribution in [3.05, 3.63) is 82.1 Å². The normalized spacial score (nSPS) is 22.1. The van der Waals surface area contributed by atoms with Gasteiger partial charge in [-0.3, -0.25) is 9.69 Å². The summed E-state index contributed by atoms with van der Waals surface area (Å²) in [6.45, 7) is 2.77. The van der Waals surface area contributed by atoms with Gasteiger partial charge in [0, 0.05) is 36.3 Å². The van der Waals surface area contributed by atoms with Gasteiger partial charge in [-0.2, -0.15) is 0 Å². The fourth-order valence-corrected chi connectivity index (χ4v) is 5.05. The third-order valence-electron chi connectivity index (χ3n) is 5.61. The molecule has 1 amide bonds. The summed E-state index contributed by atoms with van der Waals surface area (Å²) in [6, 6.07) is 15.2. The molecule has 1 aromatic carbocycles. The van der Waals surface area contributed by atoms with Gasteiger partial charge in [0.2, 0.25) is 0 Å². The number of fused-ring (bicyclic) bond motifs is 3. The summed E-state index contributed by atoms with van der Waals surface area (Å²) < 4.78 is 16.2. The Hall–Kier alpha value is -2.44. The summed E-state index contributed by atoms with van der Waals surface area (Å²) in [7, 11) is 0. The topological polar surface area (TPSA) is 28.5 Å². The monoisotopic (exact) mass is 381 g/mol. The summed E-state index contributed by atoms with van der Waals surface area (Å²) in [4.78, 5) is 18.6. The van der Waals surface area contributed by atoms with Crippen LogP contribution in [0.5, 0.6) is 0 Å². The molecule has 1 fully saturated rings. The molecular weight excluding hydrogens is 361 g/mol. The van der Waals surface area contributed by atoms with E-state index < -0.39 is 0 Å². The summed E-state index contributed by atoms with van der Waals surface area (Å²) in [5, 5.41) is 2.04. The van der Waals surface area contributed by atoms with Crippen molar-refractivity contribution in [2.45, 2.75) is 25.2 Å². The fraction of sp³-hybridized carbons (Fsp3) is 0.286. The van der Waals surface area contributed by atoms with E-state index in [2.05, 4.69) is 15.5 Å². The highest BCUT2D eigenvalue weighted by Crippen LogP contribution is 2.35. The zero-order valence-corrected chi connectivity index (χ0v) is 15.6. The van der Waals surface area contributed by atoms with Gasteiger partial charge in [-0.1, -0.05) is 24.3 Å². The maximum Gasteiger partial charge on any atom is 0.271 e. The van der Waals surface area contributed by atoms with Gasteiger partial charge in [0.1, 0.15) is 11.5 Å². The Balaban J connectivity index is 1.44. The predicted molar refractivity (Wildman–Crippen MR) is 103 cm³/mol. The van der Waals surface area contributed by atoms with Crippen LogP contribution in [0.25, 0.3) is 0 Å². The molecule has 2 aliphatic heterocycles. The van der Waals surface area contributed by atoms with Crippen molar-refractivity contribution in [3.63, 3.8) is 0 Å². The number of rotatable bonds is 4. The molecule has 27 heavy (non-hydrogen) atoms. The zero-order chi connectivity index (χ0) is 18.4. The van der Waals surface area contributed by atoms with Gasteiger partial charge in [-0.05, 0) is 29.6 Å². The van der Waals surface area contributed by atoms with Crippen LogP contribution >= 0.6 is 11.3 Å². The van der Waals surface area contributed by atoms with E-state index in [1.54, 1.807) is 17.4 Å². The minimum atomic E-state index is -0.166. The van der Waals surface area contributed by atoms with E-state index in [0.29, 0.717) is 18.7 Å². The summed E-state index contributed by atoms with van der Waals surface area (Å²) in [6.07, 6.45) is 2.00.